The molecule has 0 fully saturated rings. The molecule has 0 aliphatic heterocycles. The third kappa shape index (κ3) is 13.5. The zero-order valence-corrected chi connectivity index (χ0v) is 26.3. The minimum atomic E-state index is -1.43. The summed E-state index contributed by atoms with van der Waals surface area (Å²) in [6, 6.07) is 28.9. The zero-order chi connectivity index (χ0) is 26.3. The second-order valence-corrected chi connectivity index (χ2v) is 13.2. The molecule has 0 spiro atoms. The molecule has 0 N–H and O–H groups in total. The molecule has 0 amide bonds. The van der Waals surface area contributed by atoms with Crippen molar-refractivity contribution in [3.8, 4) is 0 Å². The van der Waals surface area contributed by atoms with E-state index in [1.807, 2.05) is 74.6 Å². The normalized spacial score (nSPS) is 10.1. The van der Waals surface area contributed by atoms with Crippen LogP contribution in [0.15, 0.2) is 84.9 Å². The summed E-state index contributed by atoms with van der Waals surface area (Å²) in [6.07, 6.45) is 0. The van der Waals surface area contributed by atoms with E-state index in [9.17, 15) is 3.40 Å². The summed E-state index contributed by atoms with van der Waals surface area (Å²) >= 11 is -1.43. The van der Waals surface area contributed by atoms with Gasteiger partial charge in [-0.1, -0.05) is 70.2 Å². The predicted molar refractivity (Wildman–Crippen MR) is 151 cm³/mol. The maximum Gasteiger partial charge on any atom is 0.0908 e. The average molecular weight is 659 g/mol. The van der Waals surface area contributed by atoms with Crippen molar-refractivity contribution in [3.63, 3.8) is 0 Å². The topological polar surface area (TPSA) is 45.3 Å². The van der Waals surface area contributed by atoms with Crippen LogP contribution in [0.5, 0.6) is 0 Å². The Morgan fingerprint density at radius 1 is 0.657 bits per heavy atom. The smallest absolute Gasteiger partial charge is 0.0908 e. The molecule has 0 saturated heterocycles. The summed E-state index contributed by atoms with van der Waals surface area (Å²) in [6.45, 7) is 16.8. The summed E-state index contributed by atoms with van der Waals surface area (Å²) in [4.78, 5) is 8.22. The zero-order valence-electron chi connectivity index (χ0n) is 22.4. The molecule has 2 heterocycles. The van der Waals surface area contributed by atoms with E-state index in [-0.39, 0.29) is 13.3 Å². The van der Waals surface area contributed by atoms with E-state index in [4.69, 9.17) is 0 Å². The molecule has 0 aliphatic rings. The van der Waals surface area contributed by atoms with Gasteiger partial charge in [0, 0.05) is 7.92 Å². The molecule has 188 valence electrons. The number of rotatable bonds is 3. The number of benzene rings is 2. The molecule has 0 radical (unpaired) electrons. The molecule has 0 atom stereocenters. The largest absolute Gasteiger partial charge is 0.665 e. The number of aromatic nitrogens is 2. The Morgan fingerprint density at radius 2 is 1.03 bits per heavy atom. The average Bonchev–Trinajstić information content (AvgIpc) is 3.41. The van der Waals surface area contributed by atoms with Crippen LogP contribution in [0.2, 0.25) is 0 Å². The molecule has 2 aromatic carbocycles. The summed E-state index contributed by atoms with van der Waals surface area (Å²) in [5.41, 5.74) is 5.65. The van der Waals surface area contributed by atoms with Gasteiger partial charge in [-0.25, -0.2) is 0 Å². The van der Waals surface area contributed by atoms with E-state index in [2.05, 4.69) is 79.6 Å². The van der Waals surface area contributed by atoms with Gasteiger partial charge in [-0.2, -0.15) is 22.8 Å². The number of hydrogen-bond acceptors (Lipinski definition) is 1. The van der Waals surface area contributed by atoms with Crippen LogP contribution in [0, 0.1) is 27.7 Å². The monoisotopic (exact) mass is 659 g/mol. The molecule has 0 saturated carbocycles. The molecule has 4 rings (SSSR count). The third-order valence-electron chi connectivity index (χ3n) is 5.05. The minimum Gasteiger partial charge on any atom is -0.665 e. The van der Waals surface area contributed by atoms with Crippen molar-refractivity contribution in [1.29, 1.82) is 0 Å². The van der Waals surface area contributed by atoms with Crippen LogP contribution in [-0.4, -0.2) is 17.7 Å². The van der Waals surface area contributed by atoms with Gasteiger partial charge < -0.3 is 9.97 Å². The summed E-state index contributed by atoms with van der Waals surface area (Å²) in [5, 5.41) is 1.52. The first-order valence-electron chi connectivity index (χ1n) is 11.7. The standard InChI is InChI=1S/C10H12.C8H11P.2C6H8N.O.W/c1-10(2,3)9-7-5-4-6-8-9;1-9(2)8-6-4-3-5-7-8;2*1-5-3-4-6(2)7-5;;/h1,4-8H,2-3H3;3-7H,1-2H3;2*3-4H,1-2H3;;/q;;2*-1;;/p+1. The van der Waals surface area contributed by atoms with Crippen LogP contribution < -0.4 is 15.3 Å². The second kappa shape index (κ2) is 16.5. The first-order valence-corrected chi connectivity index (χ1v) is 17.1. The van der Waals surface area contributed by atoms with Crippen molar-refractivity contribution in [2.24, 2.45) is 0 Å². The van der Waals surface area contributed by atoms with E-state index in [0.717, 1.165) is 22.8 Å². The molecular formula is C30H40N2OPW-. The van der Waals surface area contributed by atoms with Crippen molar-refractivity contribution in [3.05, 3.63) is 113 Å². The van der Waals surface area contributed by atoms with Crippen LogP contribution >= 0.6 is 7.92 Å². The van der Waals surface area contributed by atoms with Crippen LogP contribution in [0.3, 0.4) is 0 Å². The van der Waals surface area contributed by atoms with Gasteiger partial charge in [-0.05, 0) is 12.1 Å². The van der Waals surface area contributed by atoms with Crippen LogP contribution in [0.25, 0.3) is 0 Å². The molecule has 5 heteroatoms. The molecule has 35 heavy (non-hydrogen) atoms. The molecule has 0 unspecified atom stereocenters. The minimum absolute atomic E-state index is 0.0202. The summed E-state index contributed by atoms with van der Waals surface area (Å²) in [5.74, 6) is 0. The first kappa shape index (κ1) is 30.8. The van der Waals surface area contributed by atoms with Gasteiger partial charge >= 0.3 is 81.0 Å². The summed E-state index contributed by atoms with van der Waals surface area (Å²) < 4.78 is 12.6. The Hall–Kier alpha value is -2.21. The molecule has 2 aromatic heterocycles. The van der Waals surface area contributed by atoms with Crippen molar-refractivity contribution in [1.82, 2.24) is 9.97 Å². The fraction of sp³-hybridized carbons (Fsp3) is 0.300. The third-order valence-corrected chi connectivity index (χ3v) is 9.00. The predicted octanol–water partition coefficient (Wildman–Crippen LogP) is 6.50. The Labute approximate surface area is 221 Å². The first-order chi connectivity index (χ1) is 16.5. The van der Waals surface area contributed by atoms with Crippen LogP contribution in [0.1, 0.15) is 42.2 Å². The SMILES string of the molecule is CC(C)([CH]=[W]=[O])c1ccccc1.C[PH+](C)c1ccccc1.Cc1ccc(C)[n-]1.Cc1ccc(C)[n-]1. The van der Waals surface area contributed by atoms with Gasteiger partial charge in [0.05, 0.1) is 18.6 Å². The van der Waals surface area contributed by atoms with Gasteiger partial charge in [0.1, 0.15) is 0 Å². The van der Waals surface area contributed by atoms with E-state index in [0.29, 0.717) is 0 Å². The molecule has 3 nitrogen and oxygen atoms in total. The molecular weight excluding hydrogens is 619 g/mol. The van der Waals surface area contributed by atoms with Crippen molar-refractivity contribution in [2.75, 3.05) is 13.3 Å². The van der Waals surface area contributed by atoms with Gasteiger partial charge in [0.25, 0.3) is 0 Å². The Morgan fingerprint density at radius 3 is 1.29 bits per heavy atom. The van der Waals surface area contributed by atoms with Crippen LogP contribution in [-0.2, 0) is 26.9 Å². The number of nitrogens with zero attached hydrogens (tertiary/aromatic N) is 2. The van der Waals surface area contributed by atoms with Crippen molar-refractivity contribution >= 4 is 17.6 Å². The quantitative estimate of drug-likeness (QED) is 0.236. The van der Waals surface area contributed by atoms with Gasteiger partial charge in [-0.3, -0.25) is 0 Å². The molecule has 0 aliphatic carbocycles. The fourth-order valence-electron chi connectivity index (χ4n) is 3.02. The molecule has 4 aromatic rings. The van der Waals surface area contributed by atoms with Crippen molar-refractivity contribution < 1.29 is 21.5 Å². The van der Waals surface area contributed by atoms with Crippen molar-refractivity contribution in [2.45, 2.75) is 47.0 Å². The van der Waals surface area contributed by atoms with Crippen LogP contribution in [0.4, 0.5) is 0 Å². The maximum absolute atomic E-state index is 10.6. The number of aryl methyl sites for hydroxylation is 4. The van der Waals surface area contributed by atoms with E-state index < -0.39 is 18.1 Å². The fourth-order valence-corrected chi connectivity index (χ4v) is 5.23. The second-order valence-electron chi connectivity index (χ2n) is 9.12. The van der Waals surface area contributed by atoms with E-state index in [1.54, 1.807) is 0 Å². The Kier molecular flexibility index (Phi) is 14.5. The van der Waals surface area contributed by atoms with Gasteiger partial charge in [-0.15, -0.1) is 0 Å². The Bertz CT molecular complexity index is 1070. The summed E-state index contributed by atoms with van der Waals surface area (Å²) in [7, 11) is -0.212. The molecule has 0 bridgehead atoms. The maximum atomic E-state index is 10.6. The number of hydrogen-bond donors (Lipinski definition) is 0. The van der Waals surface area contributed by atoms with Gasteiger partial charge in [0.15, 0.2) is 0 Å². The van der Waals surface area contributed by atoms with Gasteiger partial charge in [0.2, 0.25) is 0 Å². The van der Waals surface area contributed by atoms with E-state index in [1.165, 1.54) is 10.9 Å². The van der Waals surface area contributed by atoms with E-state index >= 15 is 0 Å². The Balaban J connectivity index is 0.000000239.